The van der Waals surface area contributed by atoms with Gasteiger partial charge in [-0.1, -0.05) is 55.8 Å². The Balaban J connectivity index is 1.97. The number of alkyl halides is 3. The van der Waals surface area contributed by atoms with Gasteiger partial charge in [0.1, 0.15) is 23.5 Å². The van der Waals surface area contributed by atoms with E-state index in [1.54, 1.807) is 24.3 Å². The van der Waals surface area contributed by atoms with Gasteiger partial charge in [-0.05, 0) is 47.4 Å². The second-order valence-corrected chi connectivity index (χ2v) is 11.4. The maximum atomic E-state index is 13.9. The highest BCUT2D eigenvalue weighted by atomic mass is 35.5. The van der Waals surface area contributed by atoms with Gasteiger partial charge in [0.15, 0.2) is 12.4 Å². The first-order chi connectivity index (χ1) is 22.6. The molecule has 1 aromatic heterocycles. The fourth-order valence-corrected chi connectivity index (χ4v) is 4.88. The summed E-state index contributed by atoms with van der Waals surface area (Å²) in [7, 11) is 1.40. The average molecular weight is 692 g/mol. The molecule has 15 heteroatoms. The van der Waals surface area contributed by atoms with Crippen molar-refractivity contribution in [2.75, 3.05) is 13.7 Å². The summed E-state index contributed by atoms with van der Waals surface area (Å²) in [6.45, 7) is 2.05. The second kappa shape index (κ2) is 16.7. The highest BCUT2D eigenvalue weighted by Crippen LogP contribution is 2.30. The Morgan fingerprint density at radius 1 is 0.958 bits per heavy atom. The number of pyridine rings is 1. The third-order valence-electron chi connectivity index (χ3n) is 7.15. The molecule has 2 aromatic carbocycles. The highest BCUT2D eigenvalue weighted by molar-refractivity contribution is 6.30. The summed E-state index contributed by atoms with van der Waals surface area (Å²) in [4.78, 5) is 67.9. The lowest BCUT2D eigenvalue weighted by Crippen LogP contribution is -2.50. The minimum absolute atomic E-state index is 0.141. The van der Waals surface area contributed by atoms with Crippen LogP contribution in [0.25, 0.3) is 0 Å². The number of amides is 2. The van der Waals surface area contributed by atoms with Crippen LogP contribution < -0.4 is 20.1 Å². The zero-order valence-electron chi connectivity index (χ0n) is 26.0. The fraction of sp³-hybridized carbons (Fsp3) is 0.333. The van der Waals surface area contributed by atoms with E-state index in [0.717, 1.165) is 0 Å². The number of carboxylic acid groups (broad SMARTS) is 1. The van der Waals surface area contributed by atoms with Gasteiger partial charge in [0.25, 0.3) is 5.91 Å². The molecule has 0 aliphatic carbocycles. The van der Waals surface area contributed by atoms with Gasteiger partial charge < -0.3 is 25.2 Å². The Morgan fingerprint density at radius 3 is 2.21 bits per heavy atom. The molecular formula is C33H33ClF3N3O8. The van der Waals surface area contributed by atoms with Gasteiger partial charge in [0.05, 0.1) is 7.11 Å². The van der Waals surface area contributed by atoms with Crippen molar-refractivity contribution in [3.8, 4) is 11.6 Å². The zero-order chi connectivity index (χ0) is 35.6. The smallest absolute Gasteiger partial charge is 0.450 e. The molecule has 0 spiro atoms. The number of ether oxygens (including phenoxy) is 2. The first kappa shape index (κ1) is 37.5. The molecule has 2 amide bonds. The number of aliphatic carboxylic acids is 1. The number of carboxylic acids is 1. The topological polar surface area (TPSA) is 161 Å². The Kier molecular flexibility index (Phi) is 13.1. The van der Waals surface area contributed by atoms with Crippen molar-refractivity contribution < 1.29 is 51.7 Å². The molecule has 1 heterocycles. The first-order valence-corrected chi connectivity index (χ1v) is 14.9. The van der Waals surface area contributed by atoms with E-state index in [2.05, 4.69) is 15.6 Å². The molecule has 3 atom stereocenters. The van der Waals surface area contributed by atoms with E-state index in [1.165, 1.54) is 63.4 Å². The van der Waals surface area contributed by atoms with E-state index in [4.69, 9.17) is 26.2 Å². The van der Waals surface area contributed by atoms with E-state index in [-0.39, 0.29) is 23.6 Å². The molecule has 48 heavy (non-hydrogen) atoms. The monoisotopic (exact) mass is 691 g/mol. The van der Waals surface area contributed by atoms with Gasteiger partial charge >= 0.3 is 12.1 Å². The minimum Gasteiger partial charge on any atom is -0.497 e. The normalized spacial score (nSPS) is 13.2. The van der Waals surface area contributed by atoms with E-state index < -0.39 is 72.5 Å². The predicted octanol–water partition coefficient (Wildman–Crippen LogP) is 4.77. The van der Waals surface area contributed by atoms with E-state index in [9.17, 15) is 37.1 Å². The summed E-state index contributed by atoms with van der Waals surface area (Å²) in [6, 6.07) is 13.4. The number of hydrogen-bond acceptors (Lipinski definition) is 8. The van der Waals surface area contributed by atoms with Gasteiger partial charge in [0.2, 0.25) is 17.6 Å². The zero-order valence-corrected chi connectivity index (χ0v) is 26.8. The molecule has 0 aliphatic heterocycles. The fourth-order valence-electron chi connectivity index (χ4n) is 4.66. The molecule has 0 aliphatic rings. The molecule has 0 saturated heterocycles. The van der Waals surface area contributed by atoms with Gasteiger partial charge in [-0.3, -0.25) is 19.2 Å². The van der Waals surface area contributed by atoms with E-state index in [1.807, 2.05) is 0 Å². The van der Waals surface area contributed by atoms with Crippen LogP contribution in [0.5, 0.6) is 11.6 Å². The standard InChI is InChI=1S/C33H33ClF3N3O8/c1-18(2)23(30(44)33(35,36)37)16-26(41)29(20-10-12-22(47-3)13-11-20)40-32(46)25(15-19-6-4-7-21(34)14-19)39-31(45)24-8-5-9-27(38-24)48-17-28(42)43/h4-14,18,23,25,29H,15-17H2,1-3H3,(H,39,45)(H,40,46)(H,42,43)/t23-,25-,29-/m0/s1. The van der Waals surface area contributed by atoms with Crippen molar-refractivity contribution in [1.82, 2.24) is 15.6 Å². The van der Waals surface area contributed by atoms with Crippen molar-refractivity contribution >= 4 is 41.0 Å². The van der Waals surface area contributed by atoms with Crippen LogP contribution in [0.2, 0.25) is 5.02 Å². The van der Waals surface area contributed by atoms with Crippen LogP contribution in [-0.4, -0.2) is 65.4 Å². The van der Waals surface area contributed by atoms with Crippen LogP contribution in [0.4, 0.5) is 13.2 Å². The van der Waals surface area contributed by atoms with Gasteiger partial charge in [-0.25, -0.2) is 9.78 Å². The number of halogens is 4. The lowest BCUT2D eigenvalue weighted by Gasteiger charge is -2.26. The molecule has 0 saturated carbocycles. The van der Waals surface area contributed by atoms with E-state index >= 15 is 0 Å². The maximum Gasteiger partial charge on any atom is 0.450 e. The largest absolute Gasteiger partial charge is 0.497 e. The molecule has 0 bridgehead atoms. The van der Waals surface area contributed by atoms with Crippen LogP contribution in [0, 0.1) is 11.8 Å². The first-order valence-electron chi connectivity index (χ1n) is 14.5. The number of methoxy groups -OCH3 is 1. The molecule has 3 aromatic rings. The van der Waals surface area contributed by atoms with Gasteiger partial charge in [0, 0.05) is 29.8 Å². The molecule has 256 valence electrons. The van der Waals surface area contributed by atoms with Crippen molar-refractivity contribution in [2.24, 2.45) is 11.8 Å². The van der Waals surface area contributed by atoms with Crippen LogP contribution in [-0.2, 0) is 25.6 Å². The number of nitrogens with one attached hydrogen (secondary N) is 2. The lowest BCUT2D eigenvalue weighted by molar-refractivity contribution is -0.177. The van der Waals surface area contributed by atoms with Crippen LogP contribution in [0.15, 0.2) is 66.7 Å². The molecule has 0 fully saturated rings. The second-order valence-electron chi connectivity index (χ2n) is 11.0. The van der Waals surface area contributed by atoms with Crippen LogP contribution in [0.1, 0.15) is 47.9 Å². The van der Waals surface area contributed by atoms with Crippen molar-refractivity contribution in [3.63, 3.8) is 0 Å². The number of carbonyl (C=O) groups is 5. The highest BCUT2D eigenvalue weighted by Gasteiger charge is 2.45. The number of Topliss-reactive ketones (excluding diaryl/α,β-unsaturated/α-hetero) is 2. The number of carbonyl (C=O) groups excluding carboxylic acids is 4. The summed E-state index contributed by atoms with van der Waals surface area (Å²) in [6.07, 6.45) is -6.15. The molecule has 3 rings (SSSR count). The summed E-state index contributed by atoms with van der Waals surface area (Å²) >= 11 is 6.12. The Labute approximate surface area is 278 Å². The number of hydrogen-bond donors (Lipinski definition) is 3. The SMILES string of the molecule is COc1ccc([C@H](NC(=O)[C@H](Cc2cccc(Cl)c2)NC(=O)c2cccc(OCC(=O)O)n2)C(=O)C[C@H](C(=O)C(F)(F)F)C(C)C)cc1. The van der Waals surface area contributed by atoms with E-state index in [0.29, 0.717) is 16.3 Å². The van der Waals surface area contributed by atoms with Gasteiger partial charge in [-0.15, -0.1) is 0 Å². The summed E-state index contributed by atoms with van der Waals surface area (Å²) < 4.78 is 50.4. The minimum atomic E-state index is -5.18. The number of nitrogens with zero attached hydrogens (tertiary/aromatic N) is 1. The Bertz CT molecular complexity index is 1630. The number of rotatable bonds is 16. The average Bonchev–Trinajstić information content (AvgIpc) is 3.04. The quantitative estimate of drug-likeness (QED) is 0.192. The molecule has 11 nitrogen and oxygen atoms in total. The van der Waals surface area contributed by atoms with Crippen molar-refractivity contribution in [2.45, 2.75) is 44.9 Å². The third-order valence-corrected chi connectivity index (χ3v) is 7.39. The molecular weight excluding hydrogens is 659 g/mol. The molecule has 0 unspecified atom stereocenters. The third kappa shape index (κ3) is 10.8. The number of aromatic nitrogens is 1. The maximum absolute atomic E-state index is 13.9. The Morgan fingerprint density at radius 2 is 1.62 bits per heavy atom. The van der Waals surface area contributed by atoms with Crippen molar-refractivity contribution in [1.29, 1.82) is 0 Å². The molecule has 3 N–H and O–H groups in total. The summed E-state index contributed by atoms with van der Waals surface area (Å²) in [5.41, 5.74) is 0.473. The number of ketones is 2. The van der Waals surface area contributed by atoms with Crippen LogP contribution >= 0.6 is 11.6 Å². The molecule has 0 radical (unpaired) electrons. The van der Waals surface area contributed by atoms with Crippen molar-refractivity contribution in [3.05, 3.63) is 88.6 Å². The lowest BCUT2D eigenvalue weighted by atomic mass is 9.84. The Hall–Kier alpha value is -4.98. The summed E-state index contributed by atoms with van der Waals surface area (Å²) in [5.74, 6) is -8.28. The number of benzene rings is 2. The van der Waals surface area contributed by atoms with Gasteiger partial charge in [-0.2, -0.15) is 13.2 Å². The predicted molar refractivity (Wildman–Crippen MR) is 167 cm³/mol. The summed E-state index contributed by atoms with van der Waals surface area (Å²) in [5, 5.41) is 14.3. The van der Waals surface area contributed by atoms with Crippen LogP contribution in [0.3, 0.4) is 0 Å².